The summed E-state index contributed by atoms with van der Waals surface area (Å²) in [5.41, 5.74) is 1.85. The molecule has 0 spiro atoms. The second-order valence-corrected chi connectivity index (χ2v) is 4.46. The zero-order valence-electron chi connectivity index (χ0n) is 11.4. The summed E-state index contributed by atoms with van der Waals surface area (Å²) in [5.74, 6) is 0.591. The minimum absolute atomic E-state index is 0.0259. The molecule has 0 fully saturated rings. The van der Waals surface area contributed by atoms with Gasteiger partial charge in [0.1, 0.15) is 12.4 Å². The smallest absolute Gasteiger partial charge is 0.306 e. The van der Waals surface area contributed by atoms with Gasteiger partial charge in [-0.05, 0) is 13.3 Å². The summed E-state index contributed by atoms with van der Waals surface area (Å²) in [5, 5.41) is 8.59. The molecule has 0 bridgehead atoms. The Morgan fingerprint density at radius 2 is 2.06 bits per heavy atom. The van der Waals surface area contributed by atoms with E-state index in [9.17, 15) is 4.79 Å². The molecule has 1 heterocycles. The van der Waals surface area contributed by atoms with E-state index in [4.69, 9.17) is 9.84 Å². The monoisotopic (exact) mass is 252 g/mol. The maximum atomic E-state index is 10.5. The lowest BCUT2D eigenvalue weighted by atomic mass is 10.1. The summed E-state index contributed by atoms with van der Waals surface area (Å²) in [6.07, 6.45) is 0.783. The Labute approximate surface area is 107 Å². The van der Waals surface area contributed by atoms with E-state index in [1.807, 2.05) is 27.7 Å². The van der Waals surface area contributed by atoms with Crippen LogP contribution in [0.25, 0.3) is 0 Å². The number of aromatic nitrogens is 2. The molecule has 0 amide bonds. The van der Waals surface area contributed by atoms with Crippen molar-refractivity contribution in [2.75, 3.05) is 6.61 Å². The van der Waals surface area contributed by atoms with Crippen molar-refractivity contribution in [3.63, 3.8) is 0 Å². The third-order valence-electron chi connectivity index (χ3n) is 2.63. The molecule has 0 saturated heterocycles. The Balaban J connectivity index is 2.94. The number of nitrogens with zero attached hydrogens (tertiary/aromatic N) is 2. The average Bonchev–Trinajstić information content (AvgIpc) is 2.30. The molecule has 0 radical (unpaired) electrons. The highest BCUT2D eigenvalue weighted by atomic mass is 16.5. The number of ether oxygens (including phenoxy) is 1. The fourth-order valence-corrected chi connectivity index (χ4v) is 1.54. The highest BCUT2D eigenvalue weighted by Crippen LogP contribution is 2.21. The first kappa shape index (κ1) is 14.4. The molecule has 5 nitrogen and oxygen atoms in total. The molecule has 1 aromatic heterocycles. The van der Waals surface area contributed by atoms with Crippen molar-refractivity contribution in [3.05, 3.63) is 17.1 Å². The maximum Gasteiger partial charge on any atom is 0.306 e. The van der Waals surface area contributed by atoms with Gasteiger partial charge < -0.3 is 9.84 Å². The molecule has 0 aliphatic carbocycles. The minimum atomic E-state index is -0.874. The lowest BCUT2D eigenvalue weighted by Crippen LogP contribution is -2.11. The van der Waals surface area contributed by atoms with Gasteiger partial charge >= 0.3 is 5.97 Å². The van der Waals surface area contributed by atoms with Crippen LogP contribution < -0.4 is 4.74 Å². The standard InChI is InChI=1S/C13H20N2O3/c1-5-10-9(4)13(18-7-6-11(16)17)15-12(14-10)8(2)3/h8H,5-7H2,1-4H3,(H,16,17). The summed E-state index contributed by atoms with van der Waals surface area (Å²) >= 11 is 0. The van der Waals surface area contributed by atoms with E-state index in [0.717, 1.165) is 23.5 Å². The first-order chi connectivity index (χ1) is 8.45. The van der Waals surface area contributed by atoms with E-state index in [2.05, 4.69) is 9.97 Å². The summed E-state index contributed by atoms with van der Waals surface area (Å²) in [6, 6.07) is 0. The van der Waals surface area contributed by atoms with E-state index in [0.29, 0.717) is 5.88 Å². The fraction of sp³-hybridized carbons (Fsp3) is 0.615. The Morgan fingerprint density at radius 1 is 1.39 bits per heavy atom. The quantitative estimate of drug-likeness (QED) is 0.841. The summed E-state index contributed by atoms with van der Waals surface area (Å²) in [6.45, 7) is 8.10. The third kappa shape index (κ3) is 3.68. The molecule has 100 valence electrons. The molecule has 5 heteroatoms. The zero-order valence-corrected chi connectivity index (χ0v) is 11.4. The van der Waals surface area contributed by atoms with Crippen LogP contribution in [0.4, 0.5) is 0 Å². The zero-order chi connectivity index (χ0) is 13.7. The van der Waals surface area contributed by atoms with E-state index < -0.39 is 5.97 Å². The van der Waals surface area contributed by atoms with Gasteiger partial charge in [0.05, 0.1) is 12.1 Å². The number of carboxylic acid groups (broad SMARTS) is 1. The molecule has 18 heavy (non-hydrogen) atoms. The normalized spacial score (nSPS) is 10.7. The Morgan fingerprint density at radius 3 is 2.56 bits per heavy atom. The number of aliphatic carboxylic acids is 1. The number of carboxylic acids is 1. The number of hydrogen-bond acceptors (Lipinski definition) is 4. The van der Waals surface area contributed by atoms with Crippen LogP contribution in [0.1, 0.15) is 50.2 Å². The van der Waals surface area contributed by atoms with Gasteiger partial charge in [-0.3, -0.25) is 4.79 Å². The highest BCUT2D eigenvalue weighted by Gasteiger charge is 2.13. The van der Waals surface area contributed by atoms with Gasteiger partial charge in [0.25, 0.3) is 0 Å². The molecule has 1 N–H and O–H groups in total. The van der Waals surface area contributed by atoms with Crippen LogP contribution in [0.2, 0.25) is 0 Å². The van der Waals surface area contributed by atoms with Crippen molar-refractivity contribution in [3.8, 4) is 5.88 Å². The van der Waals surface area contributed by atoms with E-state index in [1.165, 1.54) is 0 Å². The molecule has 0 unspecified atom stereocenters. The van der Waals surface area contributed by atoms with Crippen LogP contribution in [0, 0.1) is 6.92 Å². The SMILES string of the molecule is CCc1nc(C(C)C)nc(OCCC(=O)O)c1C. The second kappa shape index (κ2) is 6.33. The Hall–Kier alpha value is -1.65. The molecule has 1 rings (SSSR count). The van der Waals surface area contributed by atoms with Gasteiger partial charge in [0, 0.05) is 11.5 Å². The van der Waals surface area contributed by atoms with Crippen LogP contribution in [0.5, 0.6) is 5.88 Å². The van der Waals surface area contributed by atoms with Gasteiger partial charge in [-0.2, -0.15) is 4.98 Å². The number of rotatable bonds is 6. The lowest BCUT2D eigenvalue weighted by molar-refractivity contribution is -0.137. The summed E-state index contributed by atoms with van der Waals surface area (Å²) < 4.78 is 5.45. The first-order valence-electron chi connectivity index (χ1n) is 6.17. The van der Waals surface area contributed by atoms with Crippen LogP contribution in [0.15, 0.2) is 0 Å². The molecule has 0 saturated carbocycles. The van der Waals surface area contributed by atoms with Gasteiger partial charge in [0.15, 0.2) is 0 Å². The van der Waals surface area contributed by atoms with Crippen molar-refractivity contribution in [2.45, 2.75) is 46.5 Å². The minimum Gasteiger partial charge on any atom is -0.481 e. The van der Waals surface area contributed by atoms with Crippen molar-refractivity contribution in [1.29, 1.82) is 0 Å². The predicted octanol–water partition coefficient (Wildman–Crippen LogP) is 2.32. The Kier molecular flexibility index (Phi) is 5.07. The highest BCUT2D eigenvalue weighted by molar-refractivity contribution is 5.66. The molecular weight excluding hydrogens is 232 g/mol. The first-order valence-corrected chi connectivity index (χ1v) is 6.17. The van der Waals surface area contributed by atoms with E-state index in [1.54, 1.807) is 0 Å². The van der Waals surface area contributed by atoms with Crippen molar-refractivity contribution < 1.29 is 14.6 Å². The van der Waals surface area contributed by atoms with Crippen molar-refractivity contribution in [2.24, 2.45) is 0 Å². The Bertz CT molecular complexity index is 430. The van der Waals surface area contributed by atoms with Crippen LogP contribution >= 0.6 is 0 Å². The van der Waals surface area contributed by atoms with Gasteiger partial charge in [-0.25, -0.2) is 4.98 Å². The number of carbonyl (C=O) groups is 1. The number of hydrogen-bond donors (Lipinski definition) is 1. The van der Waals surface area contributed by atoms with Crippen LogP contribution in [-0.2, 0) is 11.2 Å². The van der Waals surface area contributed by atoms with E-state index in [-0.39, 0.29) is 18.9 Å². The molecule has 1 aromatic rings. The van der Waals surface area contributed by atoms with Crippen LogP contribution in [0.3, 0.4) is 0 Å². The summed E-state index contributed by atoms with van der Waals surface area (Å²) in [4.78, 5) is 19.3. The molecular formula is C13H20N2O3. The average molecular weight is 252 g/mol. The largest absolute Gasteiger partial charge is 0.481 e. The lowest BCUT2D eigenvalue weighted by Gasteiger charge is -2.13. The fourth-order valence-electron chi connectivity index (χ4n) is 1.54. The van der Waals surface area contributed by atoms with Gasteiger partial charge in [-0.1, -0.05) is 20.8 Å². The van der Waals surface area contributed by atoms with Gasteiger partial charge in [-0.15, -0.1) is 0 Å². The van der Waals surface area contributed by atoms with Gasteiger partial charge in [0.2, 0.25) is 5.88 Å². The molecule has 0 atom stereocenters. The topological polar surface area (TPSA) is 72.3 Å². The third-order valence-corrected chi connectivity index (χ3v) is 2.63. The predicted molar refractivity (Wildman–Crippen MR) is 68.0 cm³/mol. The second-order valence-electron chi connectivity index (χ2n) is 4.46. The van der Waals surface area contributed by atoms with E-state index >= 15 is 0 Å². The van der Waals surface area contributed by atoms with Crippen molar-refractivity contribution >= 4 is 5.97 Å². The van der Waals surface area contributed by atoms with Crippen LogP contribution in [-0.4, -0.2) is 27.7 Å². The number of aryl methyl sites for hydroxylation is 1. The molecule has 0 aliphatic rings. The molecule has 0 aromatic carbocycles. The van der Waals surface area contributed by atoms with Crippen molar-refractivity contribution in [1.82, 2.24) is 9.97 Å². The maximum absolute atomic E-state index is 10.5. The molecule has 0 aliphatic heterocycles. The summed E-state index contributed by atoms with van der Waals surface area (Å²) in [7, 11) is 0.